The molecule has 0 saturated heterocycles. The van der Waals surface area contributed by atoms with Crippen LogP contribution in [0.4, 0.5) is 0 Å². The molecular weight excluding hydrogens is 166 g/mol. The van der Waals surface area contributed by atoms with Crippen molar-refractivity contribution in [3.8, 4) is 0 Å². The highest BCUT2D eigenvalue weighted by Crippen LogP contribution is 2.32. The summed E-state index contributed by atoms with van der Waals surface area (Å²) in [6, 6.07) is 0. The largest absolute Gasteiger partial charge is 0.250 e. The van der Waals surface area contributed by atoms with Gasteiger partial charge in [-0.25, -0.2) is 4.98 Å². The molecule has 1 aromatic heterocycles. The first-order valence-corrected chi connectivity index (χ1v) is 5.61. The Balaban J connectivity index is 1.88. The maximum absolute atomic E-state index is 4.32. The molecule has 0 N–H and O–H groups in total. The fraction of sp³-hybridized carbons (Fsp3) is 0.700. The highest BCUT2D eigenvalue weighted by molar-refractivity contribution is 7.09. The van der Waals surface area contributed by atoms with Gasteiger partial charge in [0.25, 0.3) is 0 Å². The van der Waals surface area contributed by atoms with Crippen molar-refractivity contribution in [3.63, 3.8) is 0 Å². The van der Waals surface area contributed by atoms with Crippen LogP contribution in [-0.4, -0.2) is 4.98 Å². The van der Waals surface area contributed by atoms with E-state index in [4.69, 9.17) is 0 Å². The van der Waals surface area contributed by atoms with Crippen molar-refractivity contribution >= 4 is 11.3 Å². The smallest absolute Gasteiger partial charge is 0.0927 e. The van der Waals surface area contributed by atoms with E-state index in [2.05, 4.69) is 17.3 Å². The van der Waals surface area contributed by atoms with Crippen molar-refractivity contribution in [1.82, 2.24) is 4.98 Å². The SMILES string of the molecule is CC1CCC(Cc2nccs2)C1. The molecule has 1 nitrogen and oxygen atoms in total. The molecule has 0 radical (unpaired) electrons. The van der Waals surface area contributed by atoms with Crippen LogP contribution in [0.25, 0.3) is 0 Å². The van der Waals surface area contributed by atoms with Gasteiger partial charge in [0, 0.05) is 18.0 Å². The lowest BCUT2D eigenvalue weighted by molar-refractivity contribution is 0.512. The second-order valence-electron chi connectivity index (χ2n) is 3.91. The Morgan fingerprint density at radius 3 is 3.08 bits per heavy atom. The molecule has 0 aromatic carbocycles. The molecular formula is C10H15NS. The van der Waals surface area contributed by atoms with Crippen LogP contribution >= 0.6 is 11.3 Å². The minimum atomic E-state index is 0.922. The van der Waals surface area contributed by atoms with Gasteiger partial charge >= 0.3 is 0 Å². The number of hydrogen-bond donors (Lipinski definition) is 0. The van der Waals surface area contributed by atoms with E-state index in [1.165, 1.54) is 30.7 Å². The Morgan fingerprint density at radius 2 is 2.50 bits per heavy atom. The first-order chi connectivity index (χ1) is 5.84. The quantitative estimate of drug-likeness (QED) is 0.683. The van der Waals surface area contributed by atoms with Crippen LogP contribution in [0.3, 0.4) is 0 Å². The van der Waals surface area contributed by atoms with Gasteiger partial charge in [-0.2, -0.15) is 0 Å². The van der Waals surface area contributed by atoms with Crippen molar-refractivity contribution in [1.29, 1.82) is 0 Å². The fourth-order valence-electron chi connectivity index (χ4n) is 2.11. The maximum atomic E-state index is 4.32. The van der Waals surface area contributed by atoms with E-state index in [0.717, 1.165) is 11.8 Å². The van der Waals surface area contributed by atoms with Gasteiger partial charge in [-0.05, 0) is 24.7 Å². The van der Waals surface area contributed by atoms with E-state index < -0.39 is 0 Å². The summed E-state index contributed by atoms with van der Waals surface area (Å²) in [5, 5.41) is 3.40. The van der Waals surface area contributed by atoms with E-state index >= 15 is 0 Å². The standard InChI is InChI=1S/C10H15NS/c1-8-2-3-9(6-8)7-10-11-4-5-12-10/h4-5,8-9H,2-3,6-7H2,1H3. The minimum absolute atomic E-state index is 0.922. The van der Waals surface area contributed by atoms with Crippen LogP contribution in [0.1, 0.15) is 31.2 Å². The number of nitrogens with zero attached hydrogens (tertiary/aromatic N) is 1. The lowest BCUT2D eigenvalue weighted by atomic mass is 10.0. The minimum Gasteiger partial charge on any atom is -0.250 e. The van der Waals surface area contributed by atoms with Crippen LogP contribution < -0.4 is 0 Å². The molecule has 2 heteroatoms. The summed E-state index contributed by atoms with van der Waals surface area (Å²) in [5.74, 6) is 1.88. The van der Waals surface area contributed by atoms with Gasteiger partial charge in [-0.15, -0.1) is 11.3 Å². The van der Waals surface area contributed by atoms with Crippen LogP contribution in [0.2, 0.25) is 0 Å². The molecule has 0 aliphatic heterocycles. The first-order valence-electron chi connectivity index (χ1n) is 4.73. The molecule has 2 rings (SSSR count). The first kappa shape index (κ1) is 8.24. The third-order valence-electron chi connectivity index (χ3n) is 2.75. The summed E-state index contributed by atoms with van der Waals surface area (Å²) >= 11 is 1.80. The predicted molar refractivity (Wildman–Crippen MR) is 52.3 cm³/mol. The molecule has 1 fully saturated rings. The zero-order chi connectivity index (χ0) is 8.39. The van der Waals surface area contributed by atoms with Crippen LogP contribution in [-0.2, 0) is 6.42 Å². The third-order valence-corrected chi connectivity index (χ3v) is 3.55. The lowest BCUT2D eigenvalue weighted by Gasteiger charge is -2.05. The Bertz CT molecular complexity index is 230. The second kappa shape index (κ2) is 3.56. The van der Waals surface area contributed by atoms with E-state index in [-0.39, 0.29) is 0 Å². The molecule has 1 saturated carbocycles. The van der Waals surface area contributed by atoms with Crippen LogP contribution in [0.5, 0.6) is 0 Å². The van der Waals surface area contributed by atoms with Crippen molar-refractivity contribution in [2.45, 2.75) is 32.6 Å². The van der Waals surface area contributed by atoms with Crippen LogP contribution in [0, 0.1) is 11.8 Å². The van der Waals surface area contributed by atoms with E-state index in [1.807, 2.05) is 6.20 Å². The zero-order valence-corrected chi connectivity index (χ0v) is 8.31. The molecule has 0 amide bonds. The highest BCUT2D eigenvalue weighted by atomic mass is 32.1. The van der Waals surface area contributed by atoms with Gasteiger partial charge in [0.2, 0.25) is 0 Å². The van der Waals surface area contributed by atoms with Gasteiger partial charge in [0.05, 0.1) is 5.01 Å². The molecule has 0 spiro atoms. The molecule has 1 aromatic rings. The topological polar surface area (TPSA) is 12.9 Å². The Hall–Kier alpha value is -0.370. The number of thiazole rings is 1. The molecule has 66 valence electrons. The summed E-state index contributed by atoms with van der Waals surface area (Å²) in [4.78, 5) is 4.32. The molecule has 12 heavy (non-hydrogen) atoms. The van der Waals surface area contributed by atoms with E-state index in [9.17, 15) is 0 Å². The number of hydrogen-bond acceptors (Lipinski definition) is 2. The molecule has 2 unspecified atom stereocenters. The van der Waals surface area contributed by atoms with E-state index in [1.54, 1.807) is 11.3 Å². The van der Waals surface area contributed by atoms with Crippen molar-refractivity contribution < 1.29 is 0 Å². The summed E-state index contributed by atoms with van der Waals surface area (Å²) in [5.41, 5.74) is 0. The van der Waals surface area contributed by atoms with Gasteiger partial charge in [0.1, 0.15) is 0 Å². The summed E-state index contributed by atoms with van der Waals surface area (Å²) < 4.78 is 0. The Kier molecular flexibility index (Phi) is 2.45. The van der Waals surface area contributed by atoms with Crippen molar-refractivity contribution in [2.75, 3.05) is 0 Å². The van der Waals surface area contributed by atoms with Crippen molar-refractivity contribution in [2.24, 2.45) is 11.8 Å². The van der Waals surface area contributed by atoms with Gasteiger partial charge < -0.3 is 0 Å². The maximum Gasteiger partial charge on any atom is 0.0927 e. The average molecular weight is 181 g/mol. The van der Waals surface area contributed by atoms with Crippen LogP contribution in [0.15, 0.2) is 11.6 Å². The summed E-state index contributed by atoms with van der Waals surface area (Å²) in [6.45, 7) is 2.36. The van der Waals surface area contributed by atoms with Crippen molar-refractivity contribution in [3.05, 3.63) is 16.6 Å². The fourth-order valence-corrected chi connectivity index (χ4v) is 2.84. The Morgan fingerprint density at radius 1 is 1.58 bits per heavy atom. The average Bonchev–Trinajstić information content (AvgIpc) is 2.63. The lowest BCUT2D eigenvalue weighted by Crippen LogP contribution is -1.98. The van der Waals surface area contributed by atoms with Gasteiger partial charge in [-0.1, -0.05) is 13.3 Å². The number of aromatic nitrogens is 1. The molecule has 2 atom stereocenters. The summed E-state index contributed by atoms with van der Waals surface area (Å²) in [7, 11) is 0. The normalized spacial score (nSPS) is 29.4. The molecule has 1 aliphatic carbocycles. The molecule has 1 heterocycles. The predicted octanol–water partition coefficient (Wildman–Crippen LogP) is 3.12. The molecule has 0 bridgehead atoms. The van der Waals surface area contributed by atoms with Gasteiger partial charge in [0.15, 0.2) is 0 Å². The summed E-state index contributed by atoms with van der Waals surface area (Å²) in [6.07, 6.45) is 7.40. The van der Waals surface area contributed by atoms with E-state index in [0.29, 0.717) is 0 Å². The van der Waals surface area contributed by atoms with Gasteiger partial charge in [-0.3, -0.25) is 0 Å². The molecule has 1 aliphatic rings. The Labute approximate surface area is 77.8 Å². The monoisotopic (exact) mass is 181 g/mol. The number of rotatable bonds is 2. The second-order valence-corrected chi connectivity index (χ2v) is 4.89. The zero-order valence-electron chi connectivity index (χ0n) is 7.49. The highest BCUT2D eigenvalue weighted by Gasteiger charge is 2.21. The third kappa shape index (κ3) is 1.86.